The highest BCUT2D eigenvalue weighted by Crippen LogP contribution is 2.27. The Bertz CT molecular complexity index is 525. The third-order valence-corrected chi connectivity index (χ3v) is 3.42. The van der Waals surface area contributed by atoms with Crippen LogP contribution in [0.15, 0.2) is 28.7 Å². The molecule has 0 atom stereocenters. The Kier molecular flexibility index (Phi) is 3.33. The molecule has 0 fully saturated rings. The van der Waals surface area contributed by atoms with Crippen LogP contribution >= 0.6 is 27.5 Å². The molecular weight excluding hydrogens is 291 g/mol. The van der Waals surface area contributed by atoms with Crippen LogP contribution in [0.1, 0.15) is 11.3 Å². The summed E-state index contributed by atoms with van der Waals surface area (Å²) in [5.41, 5.74) is 2.26. The lowest BCUT2D eigenvalue weighted by molar-refractivity contribution is 0.281. The first-order valence-electron chi connectivity index (χ1n) is 4.75. The standard InChI is InChI=1S/C11H10BrClN2O/c1-7-8(6-16)11(13)15(14-7)10-5-3-2-4-9(10)12/h2-5,16H,6H2,1H3. The molecule has 16 heavy (non-hydrogen) atoms. The topological polar surface area (TPSA) is 38.0 Å². The van der Waals surface area contributed by atoms with Crippen molar-refractivity contribution >= 4 is 27.5 Å². The number of aliphatic hydroxyl groups excluding tert-OH is 1. The van der Waals surface area contributed by atoms with Crippen LogP contribution in [0.5, 0.6) is 0 Å². The van der Waals surface area contributed by atoms with Crippen LogP contribution in [-0.2, 0) is 6.61 Å². The molecule has 3 nitrogen and oxygen atoms in total. The van der Waals surface area contributed by atoms with Gasteiger partial charge in [0, 0.05) is 10.0 Å². The molecule has 0 amide bonds. The van der Waals surface area contributed by atoms with Gasteiger partial charge in [0.25, 0.3) is 0 Å². The molecule has 2 aromatic rings. The fourth-order valence-electron chi connectivity index (χ4n) is 1.49. The zero-order chi connectivity index (χ0) is 11.7. The molecule has 0 bridgehead atoms. The van der Waals surface area contributed by atoms with Crippen LogP contribution in [0.3, 0.4) is 0 Å². The lowest BCUT2D eigenvalue weighted by Gasteiger charge is -2.05. The highest BCUT2D eigenvalue weighted by atomic mass is 79.9. The van der Waals surface area contributed by atoms with E-state index >= 15 is 0 Å². The van der Waals surface area contributed by atoms with Crippen LogP contribution in [0.4, 0.5) is 0 Å². The van der Waals surface area contributed by atoms with Crippen LogP contribution in [0.2, 0.25) is 5.15 Å². The Morgan fingerprint density at radius 3 is 2.69 bits per heavy atom. The lowest BCUT2D eigenvalue weighted by atomic mass is 10.3. The first-order valence-corrected chi connectivity index (χ1v) is 5.92. The number of nitrogens with zero attached hydrogens (tertiary/aromatic N) is 2. The number of hydrogen-bond donors (Lipinski definition) is 1. The average molecular weight is 302 g/mol. The van der Waals surface area contributed by atoms with E-state index in [1.54, 1.807) is 4.68 Å². The van der Waals surface area contributed by atoms with E-state index in [0.29, 0.717) is 10.7 Å². The Morgan fingerprint density at radius 1 is 1.44 bits per heavy atom. The van der Waals surface area contributed by atoms with E-state index in [1.165, 1.54) is 0 Å². The van der Waals surface area contributed by atoms with Crippen LogP contribution < -0.4 is 0 Å². The zero-order valence-electron chi connectivity index (χ0n) is 8.61. The molecule has 84 valence electrons. The normalized spacial score (nSPS) is 10.8. The van der Waals surface area contributed by atoms with Gasteiger partial charge in [0.15, 0.2) is 0 Å². The summed E-state index contributed by atoms with van der Waals surface area (Å²) in [6.45, 7) is 1.72. The van der Waals surface area contributed by atoms with Gasteiger partial charge in [-0.3, -0.25) is 0 Å². The van der Waals surface area contributed by atoms with E-state index in [9.17, 15) is 5.11 Å². The third kappa shape index (κ3) is 1.88. The minimum absolute atomic E-state index is 0.102. The Morgan fingerprint density at radius 2 is 2.12 bits per heavy atom. The highest BCUT2D eigenvalue weighted by Gasteiger charge is 2.14. The number of hydrogen-bond acceptors (Lipinski definition) is 2. The second kappa shape index (κ2) is 4.57. The zero-order valence-corrected chi connectivity index (χ0v) is 11.0. The molecule has 0 aliphatic heterocycles. The second-order valence-corrected chi connectivity index (χ2v) is 4.59. The molecule has 5 heteroatoms. The van der Waals surface area contributed by atoms with Gasteiger partial charge in [-0.25, -0.2) is 4.68 Å². The van der Waals surface area contributed by atoms with E-state index in [4.69, 9.17) is 11.6 Å². The number of para-hydroxylation sites is 1. The van der Waals surface area contributed by atoms with Crippen molar-refractivity contribution < 1.29 is 5.11 Å². The maximum atomic E-state index is 9.18. The molecule has 1 N–H and O–H groups in total. The lowest BCUT2D eigenvalue weighted by Crippen LogP contribution is -1.97. The largest absolute Gasteiger partial charge is 0.391 e. The van der Waals surface area contributed by atoms with Crippen molar-refractivity contribution in [3.63, 3.8) is 0 Å². The van der Waals surface area contributed by atoms with E-state index in [2.05, 4.69) is 21.0 Å². The summed E-state index contributed by atoms with van der Waals surface area (Å²) >= 11 is 9.60. The molecule has 1 aromatic heterocycles. The number of benzene rings is 1. The Labute approximate surface area is 107 Å². The molecule has 0 aliphatic rings. The smallest absolute Gasteiger partial charge is 0.138 e. The van der Waals surface area contributed by atoms with Crippen molar-refractivity contribution in [3.8, 4) is 5.69 Å². The van der Waals surface area contributed by atoms with Crippen molar-refractivity contribution in [2.24, 2.45) is 0 Å². The summed E-state index contributed by atoms with van der Waals surface area (Å²) in [6.07, 6.45) is 0. The van der Waals surface area contributed by atoms with E-state index in [1.807, 2.05) is 31.2 Å². The van der Waals surface area contributed by atoms with Gasteiger partial charge >= 0.3 is 0 Å². The van der Waals surface area contributed by atoms with Gasteiger partial charge in [0.1, 0.15) is 5.15 Å². The number of aromatic nitrogens is 2. The Balaban J connectivity index is 2.62. The summed E-state index contributed by atoms with van der Waals surface area (Å²) < 4.78 is 2.52. The minimum atomic E-state index is -0.102. The predicted molar refractivity (Wildman–Crippen MR) is 66.9 cm³/mol. The summed E-state index contributed by atoms with van der Waals surface area (Å²) in [4.78, 5) is 0. The fourth-order valence-corrected chi connectivity index (χ4v) is 2.27. The van der Waals surface area contributed by atoms with Crippen molar-refractivity contribution in [2.75, 3.05) is 0 Å². The van der Waals surface area contributed by atoms with Crippen LogP contribution in [0.25, 0.3) is 5.69 Å². The Hall–Kier alpha value is -0.840. The maximum absolute atomic E-state index is 9.18. The van der Waals surface area contributed by atoms with Crippen molar-refractivity contribution in [3.05, 3.63) is 45.1 Å². The van der Waals surface area contributed by atoms with Gasteiger partial charge in [-0.2, -0.15) is 5.10 Å². The average Bonchev–Trinajstić information content (AvgIpc) is 2.55. The van der Waals surface area contributed by atoms with E-state index in [-0.39, 0.29) is 6.61 Å². The van der Waals surface area contributed by atoms with E-state index in [0.717, 1.165) is 15.9 Å². The van der Waals surface area contributed by atoms with Crippen LogP contribution in [-0.4, -0.2) is 14.9 Å². The molecule has 0 saturated carbocycles. The van der Waals surface area contributed by atoms with Crippen molar-refractivity contribution in [1.29, 1.82) is 0 Å². The van der Waals surface area contributed by atoms with Gasteiger partial charge in [0.05, 0.1) is 18.0 Å². The molecule has 0 aliphatic carbocycles. The SMILES string of the molecule is Cc1nn(-c2ccccc2Br)c(Cl)c1CO. The van der Waals surface area contributed by atoms with Gasteiger partial charge in [-0.05, 0) is 35.0 Å². The number of rotatable bonds is 2. The molecule has 1 aromatic carbocycles. The number of aliphatic hydroxyl groups is 1. The molecule has 0 unspecified atom stereocenters. The predicted octanol–water partition coefficient (Wildman–Crippen LogP) is 3.09. The molecule has 0 saturated heterocycles. The van der Waals surface area contributed by atoms with E-state index < -0.39 is 0 Å². The van der Waals surface area contributed by atoms with Gasteiger partial charge in [0.2, 0.25) is 0 Å². The third-order valence-electron chi connectivity index (χ3n) is 2.36. The summed E-state index contributed by atoms with van der Waals surface area (Å²) in [5, 5.41) is 13.9. The van der Waals surface area contributed by atoms with Gasteiger partial charge < -0.3 is 5.11 Å². The summed E-state index contributed by atoms with van der Waals surface area (Å²) in [6, 6.07) is 7.65. The first-order chi connectivity index (χ1) is 7.65. The molecule has 2 rings (SSSR count). The second-order valence-electron chi connectivity index (χ2n) is 3.38. The molecular formula is C11H10BrClN2O. The monoisotopic (exact) mass is 300 g/mol. The van der Waals surface area contributed by atoms with Gasteiger partial charge in [-0.1, -0.05) is 23.7 Å². The minimum Gasteiger partial charge on any atom is -0.391 e. The van der Waals surface area contributed by atoms with Crippen molar-refractivity contribution in [2.45, 2.75) is 13.5 Å². The molecule has 1 heterocycles. The molecule has 0 radical (unpaired) electrons. The number of halogens is 2. The highest BCUT2D eigenvalue weighted by molar-refractivity contribution is 9.10. The maximum Gasteiger partial charge on any atom is 0.138 e. The number of aryl methyl sites for hydroxylation is 1. The van der Waals surface area contributed by atoms with Crippen molar-refractivity contribution in [1.82, 2.24) is 9.78 Å². The van der Waals surface area contributed by atoms with Gasteiger partial charge in [-0.15, -0.1) is 0 Å². The quantitative estimate of drug-likeness (QED) is 0.925. The van der Waals surface area contributed by atoms with Crippen LogP contribution in [0, 0.1) is 6.92 Å². The summed E-state index contributed by atoms with van der Waals surface area (Å²) in [7, 11) is 0. The fraction of sp³-hybridized carbons (Fsp3) is 0.182. The molecule has 0 spiro atoms. The first kappa shape index (κ1) is 11.6. The summed E-state index contributed by atoms with van der Waals surface area (Å²) in [5.74, 6) is 0.